The molecule has 6 nitrogen and oxygen atoms in total. The number of aryl methyl sites for hydroxylation is 1. The molecule has 0 aromatic heterocycles. The van der Waals surface area contributed by atoms with Gasteiger partial charge in [0.25, 0.3) is 16.0 Å². The highest BCUT2D eigenvalue weighted by Gasteiger charge is 2.13. The summed E-state index contributed by atoms with van der Waals surface area (Å²) in [5.41, 5.74) is 7.50. The van der Waals surface area contributed by atoms with Crippen molar-refractivity contribution in [1.82, 2.24) is 0 Å². The molecule has 0 radical (unpaired) electrons. The molecule has 0 spiro atoms. The van der Waals surface area contributed by atoms with E-state index in [1.807, 2.05) is 25.1 Å². The van der Waals surface area contributed by atoms with Gasteiger partial charge >= 0.3 is 0 Å². The fraction of sp³-hybridized carbons (Fsp3) is 0.118. The lowest BCUT2D eigenvalue weighted by atomic mass is 10.1. The van der Waals surface area contributed by atoms with Gasteiger partial charge in [-0.3, -0.25) is 9.35 Å². The third kappa shape index (κ3) is 4.43. The van der Waals surface area contributed by atoms with E-state index >= 15 is 0 Å². The maximum absolute atomic E-state index is 11.0. The maximum Gasteiger partial charge on any atom is 0.294 e. The predicted octanol–water partition coefficient (Wildman–Crippen LogP) is 2.43. The third-order valence-corrected chi connectivity index (χ3v) is 4.12. The van der Waals surface area contributed by atoms with Gasteiger partial charge in [-0.15, -0.1) is 0 Å². The third-order valence-electron chi connectivity index (χ3n) is 3.25. The summed E-state index contributed by atoms with van der Waals surface area (Å²) < 4.78 is 34.9. The number of amides is 1. The highest BCUT2D eigenvalue weighted by Crippen LogP contribution is 2.27. The molecule has 0 saturated heterocycles. The number of hydrogen-bond donors (Lipinski definition) is 2. The number of rotatable bonds is 2. The van der Waals surface area contributed by atoms with E-state index in [9.17, 15) is 13.2 Å². The average molecular weight is 347 g/mol. The topological polar surface area (TPSA) is 107 Å². The predicted molar refractivity (Wildman–Crippen MR) is 90.5 cm³/mol. The van der Waals surface area contributed by atoms with E-state index in [1.165, 1.54) is 12.1 Å². The first-order chi connectivity index (χ1) is 11.3. The fourth-order valence-corrected chi connectivity index (χ4v) is 2.54. The van der Waals surface area contributed by atoms with Gasteiger partial charge in [-0.25, -0.2) is 0 Å². The van der Waals surface area contributed by atoms with Crippen molar-refractivity contribution in [1.29, 1.82) is 0 Å². The minimum atomic E-state index is -4.02. The minimum Gasteiger partial charge on any atom is -0.488 e. The van der Waals surface area contributed by atoms with Gasteiger partial charge in [0, 0.05) is 5.56 Å². The van der Waals surface area contributed by atoms with E-state index in [0.29, 0.717) is 17.9 Å². The van der Waals surface area contributed by atoms with Crippen LogP contribution in [0.1, 0.15) is 21.5 Å². The van der Waals surface area contributed by atoms with Gasteiger partial charge in [0.05, 0.1) is 10.5 Å². The molecule has 0 atom stereocenters. The van der Waals surface area contributed by atoms with Gasteiger partial charge in [0.2, 0.25) is 0 Å². The summed E-state index contributed by atoms with van der Waals surface area (Å²) in [6.07, 6.45) is 3.82. The van der Waals surface area contributed by atoms with Crippen LogP contribution in [-0.4, -0.2) is 25.5 Å². The van der Waals surface area contributed by atoms with Crippen LogP contribution in [0.15, 0.2) is 53.4 Å². The smallest absolute Gasteiger partial charge is 0.294 e. The van der Waals surface area contributed by atoms with E-state index < -0.39 is 16.0 Å². The Hall–Kier alpha value is -2.64. The zero-order valence-corrected chi connectivity index (χ0v) is 13.8. The van der Waals surface area contributed by atoms with Crippen molar-refractivity contribution in [2.45, 2.75) is 11.8 Å². The first-order valence-electron chi connectivity index (χ1n) is 7.05. The number of para-hydroxylation sites is 1. The second kappa shape index (κ2) is 7.29. The Balaban J connectivity index is 0.000000177. The zero-order valence-electron chi connectivity index (χ0n) is 13.0. The lowest BCUT2D eigenvalue weighted by molar-refractivity contribution is 0.0996. The Bertz CT molecular complexity index is 870. The molecule has 3 N–H and O–H groups in total. The molecule has 1 heterocycles. The second-order valence-corrected chi connectivity index (χ2v) is 6.51. The molecule has 1 aliphatic rings. The van der Waals surface area contributed by atoms with Gasteiger partial charge in [-0.1, -0.05) is 35.9 Å². The molecule has 0 saturated carbocycles. The Morgan fingerprint density at radius 1 is 1.17 bits per heavy atom. The summed E-state index contributed by atoms with van der Waals surface area (Å²) in [5.74, 6) is 0.143. The van der Waals surface area contributed by atoms with E-state index in [4.69, 9.17) is 15.0 Å². The van der Waals surface area contributed by atoms with Crippen LogP contribution in [0, 0.1) is 6.92 Å². The number of benzene rings is 2. The number of fused-ring (bicyclic) bond motifs is 1. The summed E-state index contributed by atoms with van der Waals surface area (Å²) in [4.78, 5) is 10.9. The van der Waals surface area contributed by atoms with Crippen molar-refractivity contribution in [2.24, 2.45) is 5.73 Å². The van der Waals surface area contributed by atoms with Crippen molar-refractivity contribution < 1.29 is 22.5 Å². The standard InChI is InChI=1S/C10H9NO2.C7H8O3S/c11-10(12)8-5-1-3-7-4-2-6-13-9(7)8;1-6-2-4-7(5-3-6)11(8,9)10/h1-5H,6H2,(H2,11,12);2-5H,1H3,(H,8,9,10). The highest BCUT2D eigenvalue weighted by atomic mass is 32.2. The Morgan fingerprint density at radius 3 is 2.42 bits per heavy atom. The van der Waals surface area contributed by atoms with E-state index in [-0.39, 0.29) is 4.90 Å². The summed E-state index contributed by atoms with van der Waals surface area (Å²) >= 11 is 0. The molecule has 1 amide bonds. The Kier molecular flexibility index (Phi) is 5.38. The molecule has 0 aliphatic carbocycles. The molecule has 1 aliphatic heterocycles. The summed E-state index contributed by atoms with van der Waals surface area (Å²) in [6, 6.07) is 11.3. The molecule has 126 valence electrons. The van der Waals surface area contributed by atoms with Crippen molar-refractivity contribution >= 4 is 22.1 Å². The van der Waals surface area contributed by atoms with E-state index in [1.54, 1.807) is 24.3 Å². The van der Waals surface area contributed by atoms with Gasteiger partial charge in [0.15, 0.2) is 0 Å². The SMILES string of the molecule is Cc1ccc(S(=O)(=O)O)cc1.NC(=O)c1cccc2c1OCC=C2. The van der Waals surface area contributed by atoms with Crippen molar-refractivity contribution in [2.75, 3.05) is 6.61 Å². The number of carbonyl (C=O) groups excluding carboxylic acids is 1. The molecule has 0 fully saturated rings. The number of primary amides is 1. The van der Waals surface area contributed by atoms with Crippen molar-refractivity contribution in [3.05, 3.63) is 65.2 Å². The van der Waals surface area contributed by atoms with Crippen molar-refractivity contribution in [3.63, 3.8) is 0 Å². The number of ether oxygens (including phenoxy) is 1. The minimum absolute atomic E-state index is 0.0666. The molecular formula is C17H17NO5S. The largest absolute Gasteiger partial charge is 0.488 e. The van der Waals surface area contributed by atoms with Crippen molar-refractivity contribution in [3.8, 4) is 5.75 Å². The molecule has 3 rings (SSSR count). The number of nitrogens with two attached hydrogens (primary N) is 1. The summed E-state index contributed by atoms with van der Waals surface area (Å²) in [6.45, 7) is 2.34. The number of carbonyl (C=O) groups is 1. The van der Waals surface area contributed by atoms with Crippen LogP contribution < -0.4 is 10.5 Å². The van der Waals surface area contributed by atoms with Gasteiger partial charge in [0.1, 0.15) is 12.4 Å². The molecule has 2 aromatic carbocycles. The van der Waals surface area contributed by atoms with Crippen LogP contribution in [-0.2, 0) is 10.1 Å². The van der Waals surface area contributed by atoms with Crippen LogP contribution in [0.3, 0.4) is 0 Å². The maximum atomic E-state index is 11.0. The van der Waals surface area contributed by atoms with Gasteiger partial charge in [-0.05, 0) is 31.2 Å². The Morgan fingerprint density at radius 2 is 1.83 bits per heavy atom. The van der Waals surface area contributed by atoms with E-state index in [2.05, 4.69) is 0 Å². The van der Waals surface area contributed by atoms with Crippen LogP contribution >= 0.6 is 0 Å². The molecule has 2 aromatic rings. The zero-order chi connectivity index (χ0) is 17.7. The van der Waals surface area contributed by atoms with Crippen LogP contribution in [0.4, 0.5) is 0 Å². The average Bonchev–Trinajstić information content (AvgIpc) is 2.54. The first-order valence-corrected chi connectivity index (χ1v) is 8.49. The number of hydrogen-bond acceptors (Lipinski definition) is 4. The first kappa shape index (κ1) is 17.7. The molecule has 24 heavy (non-hydrogen) atoms. The van der Waals surface area contributed by atoms with Crippen LogP contribution in [0.2, 0.25) is 0 Å². The van der Waals surface area contributed by atoms with Gasteiger partial charge < -0.3 is 10.5 Å². The summed E-state index contributed by atoms with van der Waals surface area (Å²) in [5, 5.41) is 0. The summed E-state index contributed by atoms with van der Waals surface area (Å²) in [7, 11) is -4.02. The monoisotopic (exact) mass is 347 g/mol. The molecule has 0 unspecified atom stereocenters. The second-order valence-electron chi connectivity index (χ2n) is 5.09. The van der Waals surface area contributed by atoms with Crippen LogP contribution in [0.25, 0.3) is 6.08 Å². The lowest BCUT2D eigenvalue weighted by Crippen LogP contribution is -2.14. The molecular weight excluding hydrogens is 330 g/mol. The van der Waals surface area contributed by atoms with Crippen LogP contribution in [0.5, 0.6) is 5.75 Å². The Labute approximate surface area is 140 Å². The normalized spacial score (nSPS) is 12.4. The van der Waals surface area contributed by atoms with E-state index in [0.717, 1.165) is 11.1 Å². The molecule has 7 heteroatoms. The van der Waals surface area contributed by atoms with Gasteiger partial charge in [-0.2, -0.15) is 8.42 Å². The quantitative estimate of drug-likeness (QED) is 0.812. The highest BCUT2D eigenvalue weighted by molar-refractivity contribution is 7.85. The fourth-order valence-electron chi connectivity index (χ4n) is 2.06. The lowest BCUT2D eigenvalue weighted by Gasteiger charge is -2.14. The molecule has 0 bridgehead atoms.